The lowest BCUT2D eigenvalue weighted by atomic mass is 9.98. The number of nitrogens with zero attached hydrogens (tertiary/aromatic N) is 3. The van der Waals surface area contributed by atoms with Gasteiger partial charge in [0.1, 0.15) is 0 Å². The van der Waals surface area contributed by atoms with Gasteiger partial charge in [-0.1, -0.05) is 48.0 Å². The fourth-order valence-corrected chi connectivity index (χ4v) is 5.25. The number of hydrogen-bond acceptors (Lipinski definition) is 3. The fourth-order valence-electron chi connectivity index (χ4n) is 3.76. The Morgan fingerprint density at radius 2 is 1.73 bits per heavy atom. The van der Waals surface area contributed by atoms with E-state index in [2.05, 4.69) is 46.4 Å². The van der Waals surface area contributed by atoms with Crippen molar-refractivity contribution in [2.24, 2.45) is 10.9 Å². The Balaban J connectivity index is 1.49. The van der Waals surface area contributed by atoms with E-state index in [1.165, 1.54) is 11.1 Å². The van der Waals surface area contributed by atoms with Crippen molar-refractivity contribution >= 4 is 16.0 Å². The van der Waals surface area contributed by atoms with Crippen molar-refractivity contribution in [1.29, 1.82) is 0 Å². The molecule has 0 radical (unpaired) electrons. The molecule has 0 bridgehead atoms. The number of hydrogen-bond donors (Lipinski definition) is 1. The minimum absolute atomic E-state index is 0.375. The summed E-state index contributed by atoms with van der Waals surface area (Å²) in [6, 6.07) is 17.2. The predicted octanol–water partition coefficient (Wildman–Crippen LogP) is 3.10. The van der Waals surface area contributed by atoms with Crippen molar-refractivity contribution < 1.29 is 8.42 Å². The molecule has 1 fully saturated rings. The van der Waals surface area contributed by atoms with Gasteiger partial charge in [0.05, 0.1) is 4.90 Å². The number of aryl methyl sites for hydroxylation is 1. The highest BCUT2D eigenvalue weighted by Gasteiger charge is 2.29. The van der Waals surface area contributed by atoms with Gasteiger partial charge in [0.15, 0.2) is 5.96 Å². The molecule has 7 heteroatoms. The molecule has 6 nitrogen and oxygen atoms in total. The smallest absolute Gasteiger partial charge is 0.243 e. The minimum atomic E-state index is -3.39. The SMILES string of the molecule is CN=C(NCC1CCN(S(=O)(=O)c2ccccc2)CC1)N(C)Cc1ccc(C)cc1. The summed E-state index contributed by atoms with van der Waals surface area (Å²) in [5.41, 5.74) is 2.50. The molecule has 1 saturated heterocycles. The maximum atomic E-state index is 12.8. The van der Waals surface area contributed by atoms with E-state index < -0.39 is 10.0 Å². The Labute approximate surface area is 180 Å². The van der Waals surface area contributed by atoms with Crippen molar-refractivity contribution in [2.75, 3.05) is 33.7 Å². The number of benzene rings is 2. The number of rotatable bonds is 6. The molecule has 0 unspecified atom stereocenters. The molecular formula is C23H32N4O2S. The van der Waals surface area contributed by atoms with Gasteiger partial charge in [-0.3, -0.25) is 4.99 Å². The molecule has 1 aliphatic rings. The van der Waals surface area contributed by atoms with Gasteiger partial charge in [0.2, 0.25) is 10.0 Å². The fraction of sp³-hybridized carbons (Fsp3) is 0.435. The third kappa shape index (κ3) is 5.61. The van der Waals surface area contributed by atoms with E-state index in [0.29, 0.717) is 23.9 Å². The summed E-state index contributed by atoms with van der Waals surface area (Å²) in [4.78, 5) is 6.89. The summed E-state index contributed by atoms with van der Waals surface area (Å²) in [5, 5.41) is 3.46. The van der Waals surface area contributed by atoms with E-state index >= 15 is 0 Å². The Morgan fingerprint density at radius 3 is 2.33 bits per heavy atom. The molecule has 0 aromatic heterocycles. The van der Waals surface area contributed by atoms with Crippen LogP contribution in [0.25, 0.3) is 0 Å². The maximum Gasteiger partial charge on any atom is 0.243 e. The number of aliphatic imine (C=N–C) groups is 1. The number of piperidine rings is 1. The van der Waals surface area contributed by atoms with Crippen molar-refractivity contribution in [3.05, 3.63) is 65.7 Å². The zero-order valence-electron chi connectivity index (χ0n) is 18.1. The largest absolute Gasteiger partial charge is 0.356 e. The summed E-state index contributed by atoms with van der Waals surface area (Å²) in [6.07, 6.45) is 1.69. The highest BCUT2D eigenvalue weighted by Crippen LogP contribution is 2.23. The van der Waals surface area contributed by atoms with E-state index in [1.54, 1.807) is 35.6 Å². The Kier molecular flexibility index (Phi) is 7.50. The summed E-state index contributed by atoms with van der Waals surface area (Å²) in [6.45, 7) is 4.78. The molecule has 30 heavy (non-hydrogen) atoms. The lowest BCUT2D eigenvalue weighted by Gasteiger charge is -2.32. The second-order valence-electron chi connectivity index (χ2n) is 7.93. The first-order valence-corrected chi connectivity index (χ1v) is 11.9. The van der Waals surface area contributed by atoms with Crippen LogP contribution in [0.5, 0.6) is 0 Å². The maximum absolute atomic E-state index is 12.8. The van der Waals surface area contributed by atoms with Crippen LogP contribution >= 0.6 is 0 Å². The average molecular weight is 429 g/mol. The number of guanidine groups is 1. The minimum Gasteiger partial charge on any atom is -0.356 e. The normalized spacial score (nSPS) is 16.4. The predicted molar refractivity (Wildman–Crippen MR) is 122 cm³/mol. The molecule has 0 atom stereocenters. The molecule has 1 heterocycles. The molecule has 2 aromatic carbocycles. The van der Waals surface area contributed by atoms with E-state index in [0.717, 1.165) is 31.9 Å². The van der Waals surface area contributed by atoms with Crippen molar-refractivity contribution in [3.63, 3.8) is 0 Å². The lowest BCUT2D eigenvalue weighted by Crippen LogP contribution is -2.44. The van der Waals surface area contributed by atoms with Gasteiger partial charge in [0.25, 0.3) is 0 Å². The summed E-state index contributed by atoms with van der Waals surface area (Å²) < 4.78 is 27.2. The van der Waals surface area contributed by atoms with Gasteiger partial charge in [-0.15, -0.1) is 0 Å². The van der Waals surface area contributed by atoms with Crippen LogP contribution in [0.15, 0.2) is 64.5 Å². The van der Waals surface area contributed by atoms with Crippen molar-refractivity contribution in [1.82, 2.24) is 14.5 Å². The molecule has 0 saturated carbocycles. The van der Waals surface area contributed by atoms with Crippen LogP contribution in [-0.2, 0) is 16.6 Å². The molecular weight excluding hydrogens is 396 g/mol. The van der Waals surface area contributed by atoms with E-state index in [-0.39, 0.29) is 0 Å². The van der Waals surface area contributed by atoms with Crippen LogP contribution in [0.1, 0.15) is 24.0 Å². The van der Waals surface area contributed by atoms with Crippen LogP contribution in [-0.4, -0.2) is 57.3 Å². The number of nitrogens with one attached hydrogen (secondary N) is 1. The van der Waals surface area contributed by atoms with Crippen LogP contribution < -0.4 is 5.32 Å². The standard InChI is InChI=1S/C23H32N4O2S/c1-19-9-11-21(12-10-19)18-26(3)23(24-2)25-17-20-13-15-27(16-14-20)30(28,29)22-7-5-4-6-8-22/h4-12,20H,13-18H2,1-3H3,(H,24,25). The van der Waals surface area contributed by atoms with Crippen molar-refractivity contribution in [2.45, 2.75) is 31.2 Å². The first-order chi connectivity index (χ1) is 14.4. The van der Waals surface area contributed by atoms with Gasteiger partial charge in [-0.05, 0) is 43.4 Å². The summed E-state index contributed by atoms with van der Waals surface area (Å²) >= 11 is 0. The lowest BCUT2D eigenvalue weighted by molar-refractivity contribution is 0.272. The average Bonchev–Trinajstić information content (AvgIpc) is 2.77. The van der Waals surface area contributed by atoms with Gasteiger partial charge in [-0.25, -0.2) is 8.42 Å². The third-order valence-corrected chi connectivity index (χ3v) is 7.53. The zero-order valence-corrected chi connectivity index (χ0v) is 18.9. The van der Waals surface area contributed by atoms with Crippen LogP contribution in [0.2, 0.25) is 0 Å². The molecule has 1 aliphatic heterocycles. The zero-order chi connectivity index (χ0) is 21.6. The molecule has 0 aliphatic carbocycles. The molecule has 2 aromatic rings. The van der Waals surface area contributed by atoms with Crippen LogP contribution in [0.4, 0.5) is 0 Å². The van der Waals surface area contributed by atoms with Gasteiger partial charge >= 0.3 is 0 Å². The summed E-state index contributed by atoms with van der Waals surface area (Å²) in [7, 11) is 0.435. The highest BCUT2D eigenvalue weighted by atomic mass is 32.2. The molecule has 1 N–H and O–H groups in total. The topological polar surface area (TPSA) is 65.0 Å². The highest BCUT2D eigenvalue weighted by molar-refractivity contribution is 7.89. The number of sulfonamides is 1. The molecule has 0 spiro atoms. The second-order valence-corrected chi connectivity index (χ2v) is 9.87. The first kappa shape index (κ1) is 22.3. The Morgan fingerprint density at radius 1 is 1.10 bits per heavy atom. The summed E-state index contributed by atoms with van der Waals surface area (Å²) in [5.74, 6) is 1.28. The third-order valence-electron chi connectivity index (χ3n) is 5.62. The first-order valence-electron chi connectivity index (χ1n) is 10.4. The van der Waals surface area contributed by atoms with E-state index in [1.807, 2.05) is 13.1 Å². The van der Waals surface area contributed by atoms with Crippen molar-refractivity contribution in [3.8, 4) is 0 Å². The van der Waals surface area contributed by atoms with Crippen LogP contribution in [0.3, 0.4) is 0 Å². The Bertz CT molecular complexity index is 935. The molecule has 3 rings (SSSR count). The van der Waals surface area contributed by atoms with Gasteiger partial charge in [0, 0.05) is 40.3 Å². The van der Waals surface area contributed by atoms with Gasteiger partial charge < -0.3 is 10.2 Å². The van der Waals surface area contributed by atoms with E-state index in [4.69, 9.17) is 0 Å². The molecule has 162 valence electrons. The quantitative estimate of drug-likeness (QED) is 0.567. The molecule has 0 amide bonds. The van der Waals surface area contributed by atoms with Gasteiger partial charge in [-0.2, -0.15) is 4.31 Å². The van der Waals surface area contributed by atoms with Crippen LogP contribution in [0, 0.1) is 12.8 Å². The Hall–Kier alpha value is -2.38. The monoisotopic (exact) mass is 428 g/mol. The van der Waals surface area contributed by atoms with E-state index in [9.17, 15) is 8.42 Å². The second kappa shape index (κ2) is 10.1.